The van der Waals surface area contributed by atoms with Crippen molar-refractivity contribution in [1.29, 1.82) is 0 Å². The smallest absolute Gasteiger partial charge is 0.231 e. The molecule has 1 aliphatic heterocycles. The quantitative estimate of drug-likeness (QED) is 0.863. The van der Waals surface area contributed by atoms with Gasteiger partial charge in [0, 0.05) is 12.5 Å². The van der Waals surface area contributed by atoms with Crippen molar-refractivity contribution < 1.29 is 13.9 Å². The van der Waals surface area contributed by atoms with Crippen LogP contribution in [0.15, 0.2) is 18.2 Å². The van der Waals surface area contributed by atoms with Gasteiger partial charge in [0.2, 0.25) is 5.91 Å². The van der Waals surface area contributed by atoms with Crippen molar-refractivity contribution in [3.8, 4) is 0 Å². The van der Waals surface area contributed by atoms with E-state index in [9.17, 15) is 9.18 Å². The van der Waals surface area contributed by atoms with Crippen molar-refractivity contribution in [3.05, 3.63) is 24.0 Å². The lowest BCUT2D eigenvalue weighted by Crippen LogP contribution is -2.39. The Morgan fingerprint density at radius 3 is 3.00 bits per heavy atom. The van der Waals surface area contributed by atoms with Crippen LogP contribution in [0.1, 0.15) is 26.7 Å². The van der Waals surface area contributed by atoms with Crippen molar-refractivity contribution in [3.63, 3.8) is 0 Å². The van der Waals surface area contributed by atoms with Crippen LogP contribution in [0.5, 0.6) is 0 Å². The molecule has 6 heteroatoms. The lowest BCUT2D eigenvalue weighted by Gasteiger charge is -2.24. The third-order valence-electron chi connectivity index (χ3n) is 3.76. The van der Waals surface area contributed by atoms with Gasteiger partial charge in [0.15, 0.2) is 5.13 Å². The number of fused-ring (bicyclic) bond motifs is 1. The van der Waals surface area contributed by atoms with Gasteiger partial charge in [-0.25, -0.2) is 9.37 Å². The van der Waals surface area contributed by atoms with E-state index in [-0.39, 0.29) is 23.7 Å². The van der Waals surface area contributed by atoms with Gasteiger partial charge in [-0.2, -0.15) is 0 Å². The molecule has 2 heterocycles. The first-order valence-electron chi connectivity index (χ1n) is 7.54. The van der Waals surface area contributed by atoms with E-state index in [1.54, 1.807) is 11.0 Å². The van der Waals surface area contributed by atoms with Gasteiger partial charge in [0.1, 0.15) is 11.3 Å². The lowest BCUT2D eigenvalue weighted by atomic mass is 10.1. The predicted molar refractivity (Wildman–Crippen MR) is 85.7 cm³/mol. The third-order valence-corrected chi connectivity index (χ3v) is 4.80. The van der Waals surface area contributed by atoms with Crippen molar-refractivity contribution >= 4 is 32.6 Å². The largest absolute Gasteiger partial charge is 0.376 e. The molecule has 0 N–H and O–H groups in total. The monoisotopic (exact) mass is 322 g/mol. The Hall–Kier alpha value is -1.53. The van der Waals surface area contributed by atoms with Crippen LogP contribution < -0.4 is 4.90 Å². The molecule has 1 aromatic carbocycles. The van der Waals surface area contributed by atoms with Crippen molar-refractivity contribution in [2.24, 2.45) is 5.92 Å². The van der Waals surface area contributed by atoms with E-state index in [0.29, 0.717) is 17.2 Å². The van der Waals surface area contributed by atoms with Gasteiger partial charge in [0.25, 0.3) is 0 Å². The first-order valence-corrected chi connectivity index (χ1v) is 8.36. The second-order valence-electron chi connectivity index (χ2n) is 5.82. The van der Waals surface area contributed by atoms with Crippen molar-refractivity contribution in [2.45, 2.75) is 32.8 Å². The molecule has 3 rings (SSSR count). The van der Waals surface area contributed by atoms with E-state index in [1.807, 2.05) is 19.9 Å². The van der Waals surface area contributed by atoms with E-state index < -0.39 is 0 Å². The van der Waals surface area contributed by atoms with Gasteiger partial charge in [-0.05, 0) is 25.0 Å². The summed E-state index contributed by atoms with van der Waals surface area (Å²) in [5, 5.41) is 0.550. The minimum Gasteiger partial charge on any atom is -0.376 e. The molecule has 1 amide bonds. The summed E-state index contributed by atoms with van der Waals surface area (Å²) in [7, 11) is 0. The Morgan fingerprint density at radius 2 is 2.36 bits per heavy atom. The summed E-state index contributed by atoms with van der Waals surface area (Å²) in [6.45, 7) is 4.94. The highest BCUT2D eigenvalue weighted by molar-refractivity contribution is 7.22. The number of amides is 1. The summed E-state index contributed by atoms with van der Waals surface area (Å²) in [6, 6.07) is 4.87. The molecule has 1 aromatic heterocycles. The zero-order chi connectivity index (χ0) is 15.7. The van der Waals surface area contributed by atoms with Crippen LogP contribution >= 0.6 is 11.3 Å². The average Bonchev–Trinajstić information content (AvgIpc) is 3.13. The molecule has 0 spiro atoms. The number of carbonyl (C=O) groups is 1. The molecule has 0 radical (unpaired) electrons. The highest BCUT2D eigenvalue weighted by Crippen LogP contribution is 2.31. The number of nitrogens with zero attached hydrogens (tertiary/aromatic N) is 2. The summed E-state index contributed by atoms with van der Waals surface area (Å²) < 4.78 is 20.2. The number of carbonyl (C=O) groups excluding carboxylic acids is 1. The molecule has 1 saturated heterocycles. The maximum absolute atomic E-state index is 13.8. The SMILES string of the molecule is CC(C)C(=O)N(CC1CCCO1)c1nc2c(F)cccc2s1. The lowest BCUT2D eigenvalue weighted by molar-refractivity contribution is -0.121. The first kappa shape index (κ1) is 15.4. The van der Waals surface area contributed by atoms with Crippen molar-refractivity contribution in [2.75, 3.05) is 18.1 Å². The van der Waals surface area contributed by atoms with Crippen molar-refractivity contribution in [1.82, 2.24) is 4.98 Å². The number of aromatic nitrogens is 1. The summed E-state index contributed by atoms with van der Waals surface area (Å²) in [6.07, 6.45) is 2.00. The summed E-state index contributed by atoms with van der Waals surface area (Å²) in [4.78, 5) is 18.5. The van der Waals surface area contributed by atoms with E-state index in [2.05, 4.69) is 4.98 Å². The van der Waals surface area contributed by atoms with Crippen LogP contribution in [0.25, 0.3) is 10.2 Å². The second-order valence-corrected chi connectivity index (χ2v) is 6.83. The number of benzene rings is 1. The minimum atomic E-state index is -0.353. The molecule has 0 aliphatic carbocycles. The van der Waals surface area contributed by atoms with Crippen LogP contribution in [-0.4, -0.2) is 30.1 Å². The first-order chi connectivity index (χ1) is 10.6. The number of hydrogen-bond donors (Lipinski definition) is 0. The van der Waals surface area contributed by atoms with Gasteiger partial charge in [-0.1, -0.05) is 31.3 Å². The van der Waals surface area contributed by atoms with Gasteiger partial charge >= 0.3 is 0 Å². The summed E-state index contributed by atoms with van der Waals surface area (Å²) >= 11 is 1.35. The van der Waals surface area contributed by atoms with Crippen LogP contribution in [-0.2, 0) is 9.53 Å². The zero-order valence-corrected chi connectivity index (χ0v) is 13.5. The molecule has 1 fully saturated rings. The Morgan fingerprint density at radius 1 is 1.55 bits per heavy atom. The molecular formula is C16H19FN2O2S. The van der Waals surface area contributed by atoms with E-state index in [0.717, 1.165) is 24.1 Å². The summed E-state index contributed by atoms with van der Waals surface area (Å²) in [5.74, 6) is -0.498. The molecule has 118 valence electrons. The van der Waals surface area contributed by atoms with Crippen LogP contribution in [0.3, 0.4) is 0 Å². The molecule has 2 aromatic rings. The number of halogens is 1. The van der Waals surface area contributed by atoms with E-state index in [4.69, 9.17) is 4.74 Å². The van der Waals surface area contributed by atoms with Gasteiger partial charge in [0.05, 0.1) is 17.3 Å². The van der Waals surface area contributed by atoms with Gasteiger partial charge in [-0.3, -0.25) is 9.69 Å². The van der Waals surface area contributed by atoms with Gasteiger partial charge in [-0.15, -0.1) is 0 Å². The highest BCUT2D eigenvalue weighted by atomic mass is 32.1. The van der Waals surface area contributed by atoms with Crippen LogP contribution in [0.2, 0.25) is 0 Å². The fourth-order valence-electron chi connectivity index (χ4n) is 2.58. The summed E-state index contributed by atoms with van der Waals surface area (Å²) in [5.41, 5.74) is 0.330. The topological polar surface area (TPSA) is 42.4 Å². The zero-order valence-electron chi connectivity index (χ0n) is 12.7. The maximum atomic E-state index is 13.8. The molecule has 0 saturated carbocycles. The molecule has 22 heavy (non-hydrogen) atoms. The molecule has 1 unspecified atom stereocenters. The van der Waals surface area contributed by atoms with Crippen LogP contribution in [0.4, 0.5) is 9.52 Å². The Kier molecular flexibility index (Phi) is 4.40. The standard InChI is InChI=1S/C16H19FN2O2S/c1-10(2)15(20)19(9-11-5-4-8-21-11)16-18-14-12(17)6-3-7-13(14)22-16/h3,6-7,10-11H,4-5,8-9H2,1-2H3. The normalized spacial score (nSPS) is 18.3. The Balaban J connectivity index is 1.95. The number of rotatable bonds is 4. The number of thiazole rings is 1. The molecular weight excluding hydrogens is 303 g/mol. The Labute approximate surface area is 132 Å². The fourth-order valence-corrected chi connectivity index (χ4v) is 3.58. The third kappa shape index (κ3) is 2.98. The van der Waals surface area contributed by atoms with E-state index in [1.165, 1.54) is 17.4 Å². The predicted octanol–water partition coefficient (Wildman–Crippen LogP) is 3.60. The Bertz CT molecular complexity index is 680. The molecule has 1 aliphatic rings. The van der Waals surface area contributed by atoms with Gasteiger partial charge < -0.3 is 4.74 Å². The highest BCUT2D eigenvalue weighted by Gasteiger charge is 2.27. The number of para-hydroxylation sites is 1. The average molecular weight is 322 g/mol. The number of hydrogen-bond acceptors (Lipinski definition) is 4. The molecule has 1 atom stereocenters. The number of anilines is 1. The second kappa shape index (κ2) is 6.30. The fraction of sp³-hybridized carbons (Fsp3) is 0.500. The molecule has 0 bridgehead atoms. The van der Waals surface area contributed by atoms with E-state index >= 15 is 0 Å². The van der Waals surface area contributed by atoms with Crippen LogP contribution in [0, 0.1) is 11.7 Å². The minimum absolute atomic E-state index is 0.00466. The number of ether oxygens (including phenoxy) is 1. The maximum Gasteiger partial charge on any atom is 0.231 e. The molecule has 4 nitrogen and oxygen atoms in total.